The fraction of sp³-hybridized carbons (Fsp3) is 0.583. The van der Waals surface area contributed by atoms with E-state index in [9.17, 15) is 4.79 Å². The molecule has 0 amide bonds. The lowest BCUT2D eigenvalue weighted by molar-refractivity contribution is 0.0600. The molecule has 1 saturated carbocycles. The fourth-order valence-electron chi connectivity index (χ4n) is 1.72. The molecule has 0 saturated heterocycles. The summed E-state index contributed by atoms with van der Waals surface area (Å²) in [6.07, 6.45) is 3.53. The fourth-order valence-corrected chi connectivity index (χ4v) is 1.72. The van der Waals surface area contributed by atoms with Gasteiger partial charge >= 0.3 is 5.97 Å². The number of aliphatic hydroxyl groups excluding tert-OH is 1. The van der Waals surface area contributed by atoms with E-state index in [4.69, 9.17) is 9.52 Å². The summed E-state index contributed by atoms with van der Waals surface area (Å²) < 4.78 is 9.81. The Hall–Kier alpha value is -1.33. The van der Waals surface area contributed by atoms with E-state index >= 15 is 0 Å². The Kier molecular flexibility index (Phi) is 3.49. The van der Waals surface area contributed by atoms with Crippen LogP contribution in [0.5, 0.6) is 0 Å². The van der Waals surface area contributed by atoms with Gasteiger partial charge in [0.1, 0.15) is 12.0 Å². The Morgan fingerprint density at radius 2 is 2.41 bits per heavy atom. The van der Waals surface area contributed by atoms with Crippen molar-refractivity contribution in [3.05, 3.63) is 23.7 Å². The van der Waals surface area contributed by atoms with Crippen LogP contribution < -0.4 is 5.32 Å². The average Bonchev–Trinajstić information content (AvgIpc) is 2.98. The molecule has 0 aromatic carbocycles. The van der Waals surface area contributed by atoms with Gasteiger partial charge in [-0.3, -0.25) is 0 Å². The van der Waals surface area contributed by atoms with Crippen molar-refractivity contribution in [1.82, 2.24) is 5.32 Å². The van der Waals surface area contributed by atoms with Crippen molar-refractivity contribution in [3.8, 4) is 0 Å². The molecule has 2 rings (SSSR count). The monoisotopic (exact) mass is 239 g/mol. The van der Waals surface area contributed by atoms with Gasteiger partial charge in [0.05, 0.1) is 19.2 Å². The van der Waals surface area contributed by atoms with Crippen LogP contribution in [0.1, 0.15) is 29.0 Å². The minimum Gasteiger partial charge on any atom is -0.467 e. The molecule has 0 spiro atoms. The third-order valence-corrected chi connectivity index (χ3v) is 3.17. The zero-order valence-electron chi connectivity index (χ0n) is 9.86. The van der Waals surface area contributed by atoms with Gasteiger partial charge in [0, 0.05) is 18.6 Å². The quantitative estimate of drug-likeness (QED) is 0.722. The van der Waals surface area contributed by atoms with Crippen molar-refractivity contribution < 1.29 is 19.1 Å². The van der Waals surface area contributed by atoms with Gasteiger partial charge in [0.2, 0.25) is 0 Å². The predicted octanol–water partition coefficient (Wildman–Crippen LogP) is 0.928. The van der Waals surface area contributed by atoms with Crippen LogP contribution in [0.15, 0.2) is 16.7 Å². The number of ether oxygens (including phenoxy) is 1. The molecular weight excluding hydrogens is 222 g/mol. The van der Waals surface area contributed by atoms with Crippen LogP contribution in [0.2, 0.25) is 0 Å². The van der Waals surface area contributed by atoms with E-state index in [1.807, 2.05) is 0 Å². The number of rotatable bonds is 6. The van der Waals surface area contributed by atoms with Crippen molar-refractivity contribution in [2.45, 2.75) is 19.4 Å². The molecule has 5 heteroatoms. The van der Waals surface area contributed by atoms with Crippen LogP contribution in [-0.2, 0) is 11.3 Å². The Labute approximate surface area is 99.8 Å². The van der Waals surface area contributed by atoms with Gasteiger partial charge in [0.15, 0.2) is 0 Å². The Bertz CT molecular complexity index is 395. The number of nitrogens with one attached hydrogen (secondary N) is 1. The van der Waals surface area contributed by atoms with Crippen LogP contribution in [0, 0.1) is 5.41 Å². The Morgan fingerprint density at radius 1 is 1.65 bits per heavy atom. The standard InChI is InChI=1S/C12H17NO4/c1-16-11(15)9-4-10(17-6-9)5-13-7-12(8-14)2-3-12/h4,6,13-14H,2-3,5,7-8H2,1H3. The molecule has 0 aliphatic heterocycles. The minimum absolute atomic E-state index is 0.0811. The maximum atomic E-state index is 11.2. The average molecular weight is 239 g/mol. The van der Waals surface area contributed by atoms with E-state index in [1.165, 1.54) is 13.4 Å². The maximum absolute atomic E-state index is 11.2. The number of hydrogen-bond donors (Lipinski definition) is 2. The van der Waals surface area contributed by atoms with Crippen LogP contribution in [0.25, 0.3) is 0 Å². The summed E-state index contributed by atoms with van der Waals surface area (Å²) in [6.45, 7) is 1.56. The van der Waals surface area contributed by atoms with Crippen molar-refractivity contribution in [3.63, 3.8) is 0 Å². The van der Waals surface area contributed by atoms with Gasteiger partial charge in [-0.15, -0.1) is 0 Å². The molecule has 94 valence electrons. The highest BCUT2D eigenvalue weighted by molar-refractivity contribution is 5.88. The van der Waals surface area contributed by atoms with Gasteiger partial charge in [0.25, 0.3) is 0 Å². The van der Waals surface area contributed by atoms with Crippen molar-refractivity contribution in [1.29, 1.82) is 0 Å². The lowest BCUT2D eigenvalue weighted by Gasteiger charge is -2.11. The molecule has 0 bridgehead atoms. The number of aliphatic hydroxyl groups is 1. The lowest BCUT2D eigenvalue weighted by Crippen LogP contribution is -2.25. The van der Waals surface area contributed by atoms with Gasteiger partial charge in [-0.25, -0.2) is 4.79 Å². The maximum Gasteiger partial charge on any atom is 0.341 e. The highest BCUT2D eigenvalue weighted by Crippen LogP contribution is 2.44. The molecule has 0 atom stereocenters. The SMILES string of the molecule is COC(=O)c1coc(CNCC2(CO)CC2)c1. The number of methoxy groups -OCH3 is 1. The molecule has 5 nitrogen and oxygen atoms in total. The number of carbonyl (C=O) groups is 1. The predicted molar refractivity (Wildman–Crippen MR) is 60.5 cm³/mol. The first kappa shape index (κ1) is 12.1. The summed E-state index contributed by atoms with van der Waals surface area (Å²) >= 11 is 0. The number of carbonyl (C=O) groups excluding carboxylic acids is 1. The molecule has 1 aromatic rings. The zero-order chi connectivity index (χ0) is 12.3. The molecule has 1 fully saturated rings. The number of esters is 1. The van der Waals surface area contributed by atoms with Crippen molar-refractivity contribution >= 4 is 5.97 Å². The van der Waals surface area contributed by atoms with E-state index in [2.05, 4.69) is 10.1 Å². The molecule has 1 aliphatic carbocycles. The second-order valence-electron chi connectivity index (χ2n) is 4.55. The van der Waals surface area contributed by atoms with Crippen LogP contribution >= 0.6 is 0 Å². The highest BCUT2D eigenvalue weighted by Gasteiger charge is 2.41. The summed E-state index contributed by atoms with van der Waals surface area (Å²) in [5.74, 6) is 0.299. The smallest absolute Gasteiger partial charge is 0.341 e. The third kappa shape index (κ3) is 2.87. The van der Waals surface area contributed by atoms with Crippen LogP contribution in [0.4, 0.5) is 0 Å². The summed E-state index contributed by atoms with van der Waals surface area (Å²) in [5.41, 5.74) is 0.505. The first-order valence-electron chi connectivity index (χ1n) is 5.66. The topological polar surface area (TPSA) is 71.7 Å². The van der Waals surface area contributed by atoms with E-state index in [-0.39, 0.29) is 12.0 Å². The van der Waals surface area contributed by atoms with Crippen molar-refractivity contribution in [2.24, 2.45) is 5.41 Å². The van der Waals surface area contributed by atoms with Gasteiger partial charge in [-0.2, -0.15) is 0 Å². The summed E-state index contributed by atoms with van der Waals surface area (Å²) in [4.78, 5) is 11.2. The van der Waals surface area contributed by atoms with Gasteiger partial charge < -0.3 is 19.6 Å². The van der Waals surface area contributed by atoms with Gasteiger partial charge in [-0.05, 0) is 18.9 Å². The minimum atomic E-state index is -0.394. The number of furan rings is 1. The molecule has 0 unspecified atom stereocenters. The lowest BCUT2D eigenvalue weighted by atomic mass is 10.1. The zero-order valence-corrected chi connectivity index (χ0v) is 9.86. The first-order valence-corrected chi connectivity index (χ1v) is 5.66. The molecule has 1 heterocycles. The molecular formula is C12H17NO4. The van der Waals surface area contributed by atoms with E-state index in [1.54, 1.807) is 6.07 Å². The van der Waals surface area contributed by atoms with E-state index in [0.717, 1.165) is 19.4 Å². The van der Waals surface area contributed by atoms with Crippen LogP contribution in [0.3, 0.4) is 0 Å². The molecule has 1 aromatic heterocycles. The summed E-state index contributed by atoms with van der Waals surface area (Å²) in [5, 5.41) is 12.4. The number of hydrogen-bond acceptors (Lipinski definition) is 5. The first-order chi connectivity index (χ1) is 8.19. The van der Waals surface area contributed by atoms with E-state index < -0.39 is 5.97 Å². The van der Waals surface area contributed by atoms with Crippen molar-refractivity contribution in [2.75, 3.05) is 20.3 Å². The molecule has 0 radical (unpaired) electrons. The largest absolute Gasteiger partial charge is 0.467 e. The summed E-state index contributed by atoms with van der Waals surface area (Å²) in [6, 6.07) is 1.66. The molecule has 2 N–H and O–H groups in total. The second-order valence-corrected chi connectivity index (χ2v) is 4.55. The third-order valence-electron chi connectivity index (χ3n) is 3.17. The van der Waals surface area contributed by atoms with Crippen LogP contribution in [-0.4, -0.2) is 31.3 Å². The highest BCUT2D eigenvalue weighted by atomic mass is 16.5. The Morgan fingerprint density at radius 3 is 3.00 bits per heavy atom. The second kappa shape index (κ2) is 4.89. The normalized spacial score (nSPS) is 16.8. The molecule has 17 heavy (non-hydrogen) atoms. The Balaban J connectivity index is 1.79. The van der Waals surface area contributed by atoms with E-state index in [0.29, 0.717) is 17.9 Å². The summed E-state index contributed by atoms with van der Waals surface area (Å²) in [7, 11) is 1.34. The molecule has 1 aliphatic rings. The van der Waals surface area contributed by atoms with Gasteiger partial charge in [-0.1, -0.05) is 0 Å².